The van der Waals surface area contributed by atoms with Gasteiger partial charge in [0.1, 0.15) is 0 Å². The van der Waals surface area contributed by atoms with E-state index in [9.17, 15) is 8.42 Å². The third-order valence-corrected chi connectivity index (χ3v) is 3.89. The summed E-state index contributed by atoms with van der Waals surface area (Å²) in [6.45, 7) is 0. The van der Waals surface area contributed by atoms with E-state index in [0.717, 1.165) is 0 Å². The molecule has 86 valence electrons. The fraction of sp³-hybridized carbons (Fsp3) is 0. The van der Waals surface area contributed by atoms with E-state index in [0.29, 0.717) is 9.79 Å². The van der Waals surface area contributed by atoms with Gasteiger partial charge in [-0.05, 0) is 24.3 Å². The van der Waals surface area contributed by atoms with Crippen LogP contribution in [0.1, 0.15) is 0 Å². The average Bonchev–Trinajstić information content (AvgIpc) is 2.31. The maximum Gasteiger partial charge on any atom is 0.206 e. The molecular formula is C12H10NiO2S. The van der Waals surface area contributed by atoms with Crippen molar-refractivity contribution in [2.24, 2.45) is 0 Å². The van der Waals surface area contributed by atoms with E-state index in [1.807, 2.05) is 0 Å². The molecule has 0 aliphatic rings. The summed E-state index contributed by atoms with van der Waals surface area (Å²) in [7, 11) is -3.34. The van der Waals surface area contributed by atoms with Crippen molar-refractivity contribution in [3.05, 3.63) is 60.7 Å². The maximum atomic E-state index is 12.0. The Labute approximate surface area is 105 Å². The maximum absolute atomic E-state index is 12.0. The van der Waals surface area contributed by atoms with Crippen LogP contribution in [0, 0.1) is 0 Å². The summed E-state index contributed by atoms with van der Waals surface area (Å²) in [5.41, 5.74) is 0. The molecule has 2 aromatic rings. The van der Waals surface area contributed by atoms with E-state index in [1.165, 1.54) is 0 Å². The number of hydrogen-bond acceptors (Lipinski definition) is 2. The second-order valence-electron chi connectivity index (χ2n) is 3.13. The minimum atomic E-state index is -3.34. The zero-order chi connectivity index (χ0) is 10.7. The molecule has 0 heterocycles. The fourth-order valence-corrected chi connectivity index (χ4v) is 2.64. The zero-order valence-corrected chi connectivity index (χ0v) is 10.1. The van der Waals surface area contributed by atoms with Crippen LogP contribution >= 0.6 is 0 Å². The summed E-state index contributed by atoms with van der Waals surface area (Å²) in [6.07, 6.45) is 0. The van der Waals surface area contributed by atoms with Crippen LogP contribution in [0.5, 0.6) is 0 Å². The first-order valence-corrected chi connectivity index (χ1v) is 6.05. The van der Waals surface area contributed by atoms with Crippen molar-refractivity contribution in [2.75, 3.05) is 0 Å². The number of benzene rings is 2. The molecule has 0 spiro atoms. The van der Waals surface area contributed by atoms with Gasteiger partial charge in [-0.1, -0.05) is 36.4 Å². The predicted molar refractivity (Wildman–Crippen MR) is 58.3 cm³/mol. The molecule has 0 atom stereocenters. The van der Waals surface area contributed by atoms with E-state index in [2.05, 4.69) is 0 Å². The van der Waals surface area contributed by atoms with Crippen molar-refractivity contribution in [1.29, 1.82) is 0 Å². The Morgan fingerprint density at radius 2 is 0.938 bits per heavy atom. The van der Waals surface area contributed by atoms with Crippen molar-refractivity contribution in [3.8, 4) is 0 Å². The topological polar surface area (TPSA) is 34.1 Å². The molecule has 2 aromatic carbocycles. The molecule has 0 aliphatic heterocycles. The van der Waals surface area contributed by atoms with E-state index >= 15 is 0 Å². The molecule has 0 aliphatic carbocycles. The van der Waals surface area contributed by atoms with Crippen molar-refractivity contribution in [1.82, 2.24) is 0 Å². The summed E-state index contributed by atoms with van der Waals surface area (Å²) in [5.74, 6) is 0. The first-order chi connectivity index (χ1) is 7.21. The summed E-state index contributed by atoms with van der Waals surface area (Å²) >= 11 is 0. The first kappa shape index (κ1) is 13.0. The molecule has 0 radical (unpaired) electrons. The van der Waals surface area contributed by atoms with Crippen LogP contribution in [-0.2, 0) is 26.3 Å². The van der Waals surface area contributed by atoms with Gasteiger partial charge in [0.05, 0.1) is 9.79 Å². The molecule has 2 rings (SSSR count). The van der Waals surface area contributed by atoms with Crippen LogP contribution in [0.15, 0.2) is 70.5 Å². The molecule has 0 saturated carbocycles. The normalized spacial score (nSPS) is 10.5. The van der Waals surface area contributed by atoms with Crippen molar-refractivity contribution < 1.29 is 24.9 Å². The van der Waals surface area contributed by atoms with E-state index < -0.39 is 9.84 Å². The Bertz CT molecular complexity index is 490. The number of hydrogen-bond donors (Lipinski definition) is 0. The molecule has 2 nitrogen and oxygen atoms in total. The van der Waals surface area contributed by atoms with Gasteiger partial charge < -0.3 is 0 Å². The minimum Gasteiger partial charge on any atom is -0.219 e. The van der Waals surface area contributed by atoms with Gasteiger partial charge in [-0.2, -0.15) is 0 Å². The quantitative estimate of drug-likeness (QED) is 0.790. The average molecular weight is 277 g/mol. The van der Waals surface area contributed by atoms with Gasteiger partial charge in [-0.3, -0.25) is 0 Å². The third kappa shape index (κ3) is 2.52. The molecular weight excluding hydrogens is 267 g/mol. The van der Waals surface area contributed by atoms with Crippen LogP contribution in [0.25, 0.3) is 0 Å². The molecule has 0 aromatic heterocycles. The van der Waals surface area contributed by atoms with Crippen LogP contribution in [0.4, 0.5) is 0 Å². The van der Waals surface area contributed by atoms with Crippen LogP contribution < -0.4 is 0 Å². The predicted octanol–water partition coefficient (Wildman–Crippen LogP) is 2.52. The van der Waals surface area contributed by atoms with E-state index in [1.54, 1.807) is 60.7 Å². The second kappa shape index (κ2) is 5.28. The van der Waals surface area contributed by atoms with Gasteiger partial charge >= 0.3 is 0 Å². The van der Waals surface area contributed by atoms with Gasteiger partial charge in [0, 0.05) is 16.5 Å². The van der Waals surface area contributed by atoms with Crippen molar-refractivity contribution in [2.45, 2.75) is 9.79 Å². The molecule has 0 N–H and O–H groups in total. The van der Waals surface area contributed by atoms with Crippen LogP contribution in [0.3, 0.4) is 0 Å². The minimum absolute atomic E-state index is 0. The summed E-state index contributed by atoms with van der Waals surface area (Å²) in [5, 5.41) is 0. The largest absolute Gasteiger partial charge is 0.219 e. The fourth-order valence-electron chi connectivity index (χ4n) is 1.34. The molecule has 0 saturated heterocycles. The van der Waals surface area contributed by atoms with Crippen molar-refractivity contribution >= 4 is 9.84 Å². The Morgan fingerprint density at radius 3 is 1.25 bits per heavy atom. The van der Waals surface area contributed by atoms with Gasteiger partial charge in [0.2, 0.25) is 9.84 Å². The molecule has 0 unspecified atom stereocenters. The molecule has 4 heteroatoms. The van der Waals surface area contributed by atoms with Gasteiger partial charge in [0.25, 0.3) is 0 Å². The van der Waals surface area contributed by atoms with E-state index in [4.69, 9.17) is 0 Å². The monoisotopic (exact) mass is 276 g/mol. The first-order valence-electron chi connectivity index (χ1n) is 4.56. The molecule has 16 heavy (non-hydrogen) atoms. The van der Waals surface area contributed by atoms with Crippen LogP contribution in [0.2, 0.25) is 0 Å². The molecule has 0 fully saturated rings. The molecule has 0 amide bonds. The Morgan fingerprint density at radius 1 is 0.625 bits per heavy atom. The Hall–Kier alpha value is -1.12. The standard InChI is InChI=1S/C12H10O2S.Ni/c13-15(14,11-7-3-1-4-8-11)12-9-5-2-6-10-12;/h1-10H;. The van der Waals surface area contributed by atoms with Gasteiger partial charge in [-0.15, -0.1) is 0 Å². The zero-order valence-electron chi connectivity index (χ0n) is 8.31. The number of sulfone groups is 1. The van der Waals surface area contributed by atoms with Crippen molar-refractivity contribution in [3.63, 3.8) is 0 Å². The Kier molecular flexibility index (Phi) is 4.28. The summed E-state index contributed by atoms with van der Waals surface area (Å²) in [4.78, 5) is 0.660. The molecule has 0 bridgehead atoms. The Balaban J connectivity index is 0.00000128. The number of rotatable bonds is 2. The van der Waals surface area contributed by atoms with Crippen LogP contribution in [-0.4, -0.2) is 8.42 Å². The smallest absolute Gasteiger partial charge is 0.206 e. The summed E-state index contributed by atoms with van der Waals surface area (Å²) < 4.78 is 24.1. The van der Waals surface area contributed by atoms with E-state index in [-0.39, 0.29) is 16.5 Å². The SMILES string of the molecule is O=S(=O)(c1ccccc1)c1ccccc1.[Ni]. The second-order valence-corrected chi connectivity index (χ2v) is 5.08. The summed E-state index contributed by atoms with van der Waals surface area (Å²) in [6, 6.07) is 16.9. The third-order valence-electron chi connectivity index (χ3n) is 2.11. The van der Waals surface area contributed by atoms with Gasteiger partial charge in [0.15, 0.2) is 0 Å². The van der Waals surface area contributed by atoms with Gasteiger partial charge in [-0.25, -0.2) is 8.42 Å².